The quantitative estimate of drug-likeness (QED) is 0.667. The van der Waals surface area contributed by atoms with Gasteiger partial charge in [0.05, 0.1) is 0 Å². The lowest BCUT2D eigenvalue weighted by atomic mass is 10.1. The zero-order valence-electron chi connectivity index (χ0n) is 8.68. The van der Waals surface area contributed by atoms with E-state index in [1.165, 1.54) is 0 Å². The van der Waals surface area contributed by atoms with E-state index in [2.05, 4.69) is 27.9 Å². The van der Waals surface area contributed by atoms with Gasteiger partial charge in [0.25, 0.3) is 5.91 Å². The third-order valence-electron chi connectivity index (χ3n) is 1.89. The van der Waals surface area contributed by atoms with Crippen molar-refractivity contribution in [3.8, 4) is 0 Å². The van der Waals surface area contributed by atoms with Crippen LogP contribution in [0.2, 0.25) is 0 Å². The van der Waals surface area contributed by atoms with Crippen molar-refractivity contribution in [2.45, 2.75) is 19.4 Å². The van der Waals surface area contributed by atoms with Crippen molar-refractivity contribution in [3.63, 3.8) is 0 Å². The Morgan fingerprint density at radius 2 is 1.93 bits per heavy atom. The average molecular weight is 338 g/mol. The molecule has 0 spiro atoms. The number of nitrogens with one attached hydrogen (secondary N) is 1. The second-order valence-corrected chi connectivity index (χ2v) is 5.49. The molecule has 0 fully saturated rings. The molecule has 0 atom stereocenters. The van der Waals surface area contributed by atoms with Crippen LogP contribution in [0.1, 0.15) is 24.2 Å². The van der Waals surface area contributed by atoms with Crippen LogP contribution in [0.15, 0.2) is 24.3 Å². The molecule has 0 aromatic heterocycles. The van der Waals surface area contributed by atoms with Crippen molar-refractivity contribution in [2.24, 2.45) is 0 Å². The van der Waals surface area contributed by atoms with Gasteiger partial charge in [0.1, 0.15) is 0 Å². The summed E-state index contributed by atoms with van der Waals surface area (Å²) >= 11 is 7.94. The maximum absolute atomic E-state index is 11.8. The van der Waals surface area contributed by atoms with Gasteiger partial charge in [0, 0.05) is 20.6 Å². The summed E-state index contributed by atoms with van der Waals surface area (Å²) in [6.07, 6.45) is 0. The Labute approximate surface area is 109 Å². The predicted octanol–water partition coefficient (Wildman–Crippen LogP) is 3.04. The van der Waals surface area contributed by atoms with Crippen LogP contribution >= 0.6 is 34.2 Å². The van der Waals surface area contributed by atoms with Gasteiger partial charge in [0.2, 0.25) is 0 Å². The second-order valence-electron chi connectivity index (χ2n) is 3.98. The molecule has 2 nitrogen and oxygen atoms in total. The van der Waals surface area contributed by atoms with Gasteiger partial charge in [0.15, 0.2) is 0 Å². The molecule has 0 radical (unpaired) electrons. The molecule has 0 aliphatic carbocycles. The van der Waals surface area contributed by atoms with E-state index in [0.717, 1.165) is 3.57 Å². The maximum Gasteiger partial charge on any atom is 0.251 e. The highest BCUT2D eigenvalue weighted by Crippen LogP contribution is 2.10. The first-order chi connectivity index (χ1) is 6.94. The summed E-state index contributed by atoms with van der Waals surface area (Å²) in [4.78, 5) is 11.8. The summed E-state index contributed by atoms with van der Waals surface area (Å²) in [6.45, 7) is 3.79. The topological polar surface area (TPSA) is 29.1 Å². The summed E-state index contributed by atoms with van der Waals surface area (Å²) in [7, 11) is 0. The highest BCUT2D eigenvalue weighted by molar-refractivity contribution is 14.1. The van der Waals surface area contributed by atoms with E-state index in [9.17, 15) is 4.79 Å². The van der Waals surface area contributed by atoms with Crippen molar-refractivity contribution in [2.75, 3.05) is 5.88 Å². The molecule has 1 aromatic carbocycles. The number of halogens is 2. The highest BCUT2D eigenvalue weighted by Gasteiger charge is 2.19. The number of rotatable bonds is 3. The number of benzene rings is 1. The molecule has 0 heterocycles. The van der Waals surface area contributed by atoms with Gasteiger partial charge in [-0.15, -0.1) is 11.6 Å². The van der Waals surface area contributed by atoms with Gasteiger partial charge in [-0.3, -0.25) is 4.79 Å². The molecule has 0 unspecified atom stereocenters. The molecule has 15 heavy (non-hydrogen) atoms. The number of carbonyl (C=O) groups excluding carboxylic acids is 1. The molecule has 0 aliphatic heterocycles. The average Bonchev–Trinajstić information content (AvgIpc) is 2.18. The molecule has 1 rings (SSSR count). The minimum atomic E-state index is -0.373. The first-order valence-electron chi connectivity index (χ1n) is 4.59. The summed E-state index contributed by atoms with van der Waals surface area (Å²) in [5, 5.41) is 2.87. The molecule has 1 N–H and O–H groups in total. The van der Waals surface area contributed by atoms with E-state index < -0.39 is 0 Å². The second kappa shape index (κ2) is 5.16. The lowest BCUT2D eigenvalue weighted by Gasteiger charge is -2.23. The number of hydrogen-bond donors (Lipinski definition) is 1. The zero-order chi connectivity index (χ0) is 11.5. The van der Waals surface area contributed by atoms with Crippen LogP contribution in [0.5, 0.6) is 0 Å². The van der Waals surface area contributed by atoms with Crippen LogP contribution in [-0.4, -0.2) is 17.3 Å². The van der Waals surface area contributed by atoms with Crippen molar-refractivity contribution in [1.29, 1.82) is 0 Å². The van der Waals surface area contributed by atoms with E-state index in [1.54, 1.807) is 12.1 Å². The Morgan fingerprint density at radius 3 is 2.40 bits per heavy atom. The van der Waals surface area contributed by atoms with Crippen LogP contribution in [0.3, 0.4) is 0 Å². The minimum absolute atomic E-state index is 0.0861. The first kappa shape index (κ1) is 12.8. The van der Waals surface area contributed by atoms with Crippen LogP contribution in [0.4, 0.5) is 0 Å². The molecule has 1 aromatic rings. The van der Waals surface area contributed by atoms with Crippen molar-refractivity contribution in [3.05, 3.63) is 33.4 Å². The number of alkyl halides is 1. The highest BCUT2D eigenvalue weighted by atomic mass is 127. The standard InChI is InChI=1S/C11H13ClINO/c1-11(2,7-12)14-10(15)8-3-5-9(13)6-4-8/h3-6H,7H2,1-2H3,(H,14,15). The monoisotopic (exact) mass is 337 g/mol. The van der Waals surface area contributed by atoms with E-state index in [4.69, 9.17) is 11.6 Å². The van der Waals surface area contributed by atoms with Crippen molar-refractivity contribution in [1.82, 2.24) is 5.32 Å². The Bertz CT molecular complexity index is 348. The zero-order valence-corrected chi connectivity index (χ0v) is 11.6. The van der Waals surface area contributed by atoms with Gasteiger partial charge in [-0.05, 0) is 60.7 Å². The molecule has 0 saturated heterocycles. The van der Waals surface area contributed by atoms with Crippen molar-refractivity contribution >= 4 is 40.1 Å². The number of hydrogen-bond acceptors (Lipinski definition) is 1. The van der Waals surface area contributed by atoms with Crippen LogP contribution < -0.4 is 5.32 Å². The van der Waals surface area contributed by atoms with E-state index in [-0.39, 0.29) is 11.4 Å². The summed E-state index contributed by atoms with van der Waals surface area (Å²) in [5.41, 5.74) is 0.287. The fourth-order valence-corrected chi connectivity index (χ4v) is 1.44. The van der Waals surface area contributed by atoms with Gasteiger partial charge in [-0.1, -0.05) is 0 Å². The van der Waals surface area contributed by atoms with Gasteiger partial charge in [-0.25, -0.2) is 0 Å². The van der Waals surface area contributed by atoms with Gasteiger partial charge >= 0.3 is 0 Å². The molecule has 0 bridgehead atoms. The third-order valence-corrected chi connectivity index (χ3v) is 3.28. The van der Waals surface area contributed by atoms with E-state index in [1.807, 2.05) is 26.0 Å². The largest absolute Gasteiger partial charge is 0.346 e. The molecule has 82 valence electrons. The Balaban J connectivity index is 2.74. The molecular weight excluding hydrogens is 324 g/mol. The van der Waals surface area contributed by atoms with Crippen LogP contribution in [0, 0.1) is 3.57 Å². The van der Waals surface area contributed by atoms with Crippen LogP contribution in [-0.2, 0) is 0 Å². The van der Waals surface area contributed by atoms with Gasteiger partial charge in [-0.2, -0.15) is 0 Å². The summed E-state index contributed by atoms with van der Waals surface area (Å²) in [6, 6.07) is 7.43. The van der Waals surface area contributed by atoms with Gasteiger partial charge < -0.3 is 5.32 Å². The maximum atomic E-state index is 11.8. The molecule has 0 aliphatic rings. The molecule has 0 saturated carbocycles. The van der Waals surface area contributed by atoms with Crippen molar-refractivity contribution < 1.29 is 4.79 Å². The number of carbonyl (C=O) groups is 1. The SMILES string of the molecule is CC(C)(CCl)NC(=O)c1ccc(I)cc1. The first-order valence-corrected chi connectivity index (χ1v) is 6.20. The smallest absolute Gasteiger partial charge is 0.251 e. The Kier molecular flexibility index (Phi) is 4.40. The lowest BCUT2D eigenvalue weighted by molar-refractivity contribution is 0.0920. The lowest BCUT2D eigenvalue weighted by Crippen LogP contribution is -2.44. The van der Waals surface area contributed by atoms with Crippen LogP contribution in [0.25, 0.3) is 0 Å². The van der Waals surface area contributed by atoms with E-state index >= 15 is 0 Å². The van der Waals surface area contributed by atoms with E-state index in [0.29, 0.717) is 11.4 Å². The fraction of sp³-hybridized carbons (Fsp3) is 0.364. The third kappa shape index (κ3) is 3.99. The fourth-order valence-electron chi connectivity index (χ4n) is 1.01. The minimum Gasteiger partial charge on any atom is -0.346 e. The molecule has 4 heteroatoms. The molecular formula is C11H13ClINO. The summed E-state index contributed by atoms with van der Waals surface area (Å²) < 4.78 is 1.11. The normalized spacial score (nSPS) is 11.2. The Hall–Kier alpha value is -0.290. The molecule has 1 amide bonds. The Morgan fingerprint density at radius 1 is 1.40 bits per heavy atom. The number of amides is 1. The summed E-state index contributed by atoms with van der Waals surface area (Å²) in [5.74, 6) is 0.306. The predicted molar refractivity (Wildman–Crippen MR) is 71.4 cm³/mol.